The highest BCUT2D eigenvalue weighted by Crippen LogP contribution is 2.36. The molecule has 0 saturated carbocycles. The molecular weight excluding hydrogens is 242 g/mol. The van der Waals surface area contributed by atoms with E-state index in [1.165, 1.54) is 5.69 Å². The molecule has 0 atom stereocenters. The Hall–Kier alpha value is -1.78. The van der Waals surface area contributed by atoms with Gasteiger partial charge in [-0.2, -0.15) is 4.98 Å². The molecule has 0 saturated heterocycles. The number of hydrogen-bond acceptors (Lipinski definition) is 4. The number of methoxy groups -OCH3 is 2. The summed E-state index contributed by atoms with van der Waals surface area (Å²) in [7, 11) is 3.26. The predicted molar refractivity (Wildman–Crippen MR) is 71.9 cm³/mol. The van der Waals surface area contributed by atoms with Gasteiger partial charge >= 0.3 is 0 Å². The third-order valence-corrected chi connectivity index (χ3v) is 3.82. The van der Waals surface area contributed by atoms with Crippen LogP contribution in [0.2, 0.25) is 0 Å². The summed E-state index contributed by atoms with van der Waals surface area (Å²) in [5.74, 6) is 1.93. The van der Waals surface area contributed by atoms with E-state index >= 15 is 0 Å². The number of aryl methyl sites for hydroxylation is 1. The van der Waals surface area contributed by atoms with Gasteiger partial charge < -0.3 is 9.47 Å². The molecule has 19 heavy (non-hydrogen) atoms. The van der Waals surface area contributed by atoms with Gasteiger partial charge in [-0.15, -0.1) is 0 Å². The number of nitrogens with zero attached hydrogens (tertiary/aromatic N) is 3. The average Bonchev–Trinajstić information content (AvgIpc) is 2.74. The molecule has 5 heteroatoms. The van der Waals surface area contributed by atoms with E-state index in [4.69, 9.17) is 9.47 Å². The smallest absolute Gasteiger partial charge is 0.240 e. The zero-order valence-electron chi connectivity index (χ0n) is 11.9. The van der Waals surface area contributed by atoms with Crippen LogP contribution in [0.1, 0.15) is 31.7 Å². The van der Waals surface area contributed by atoms with E-state index in [9.17, 15) is 0 Å². The second kappa shape index (κ2) is 4.11. The van der Waals surface area contributed by atoms with Gasteiger partial charge in [-0.05, 0) is 24.7 Å². The fourth-order valence-corrected chi connectivity index (χ4v) is 2.73. The fourth-order valence-electron chi connectivity index (χ4n) is 2.73. The highest BCUT2D eigenvalue weighted by Gasteiger charge is 2.30. The highest BCUT2D eigenvalue weighted by atomic mass is 16.5. The molecule has 0 amide bonds. The SMILES string of the molecule is COc1cc(OC)n2c3c(nc2n1)CCC(C)(C)C3. The Kier molecular flexibility index (Phi) is 2.66. The Morgan fingerprint density at radius 1 is 1.21 bits per heavy atom. The maximum absolute atomic E-state index is 5.47. The van der Waals surface area contributed by atoms with Crippen LogP contribution in [-0.4, -0.2) is 28.6 Å². The van der Waals surface area contributed by atoms with Gasteiger partial charge in [0.25, 0.3) is 0 Å². The monoisotopic (exact) mass is 261 g/mol. The molecule has 5 nitrogen and oxygen atoms in total. The van der Waals surface area contributed by atoms with Crippen LogP contribution in [0.4, 0.5) is 0 Å². The molecule has 0 aliphatic heterocycles. The van der Waals surface area contributed by atoms with Crippen molar-refractivity contribution in [3.05, 3.63) is 17.5 Å². The van der Waals surface area contributed by atoms with Crippen LogP contribution < -0.4 is 9.47 Å². The summed E-state index contributed by atoms with van der Waals surface area (Å²) in [6.45, 7) is 4.58. The van der Waals surface area contributed by atoms with Crippen LogP contribution in [0, 0.1) is 5.41 Å². The van der Waals surface area contributed by atoms with Gasteiger partial charge in [0.05, 0.1) is 31.7 Å². The molecule has 0 bridgehead atoms. The van der Waals surface area contributed by atoms with E-state index < -0.39 is 0 Å². The second-order valence-electron chi connectivity index (χ2n) is 5.82. The van der Waals surface area contributed by atoms with Crippen LogP contribution in [0.25, 0.3) is 5.78 Å². The summed E-state index contributed by atoms with van der Waals surface area (Å²) >= 11 is 0. The molecule has 1 aliphatic rings. The summed E-state index contributed by atoms with van der Waals surface area (Å²) in [5.41, 5.74) is 2.66. The third kappa shape index (κ3) is 1.93. The number of rotatable bonds is 2. The molecule has 0 aromatic carbocycles. The Bertz CT molecular complexity index is 631. The molecule has 2 heterocycles. The van der Waals surface area contributed by atoms with E-state index in [0.717, 1.165) is 30.8 Å². The Morgan fingerprint density at radius 2 is 2.00 bits per heavy atom. The number of imidazole rings is 1. The lowest BCUT2D eigenvalue weighted by Gasteiger charge is -2.29. The first kappa shape index (κ1) is 12.3. The van der Waals surface area contributed by atoms with Crippen molar-refractivity contribution in [2.75, 3.05) is 14.2 Å². The predicted octanol–water partition coefficient (Wildman–Crippen LogP) is 2.26. The molecule has 0 fully saturated rings. The van der Waals surface area contributed by atoms with Gasteiger partial charge in [0, 0.05) is 0 Å². The minimum absolute atomic E-state index is 0.300. The van der Waals surface area contributed by atoms with Crippen molar-refractivity contribution in [1.82, 2.24) is 14.4 Å². The van der Waals surface area contributed by atoms with Gasteiger partial charge in [0.1, 0.15) is 0 Å². The molecule has 0 unspecified atom stereocenters. The fraction of sp³-hybridized carbons (Fsp3) is 0.571. The minimum Gasteiger partial charge on any atom is -0.482 e. The Balaban J connectivity index is 2.25. The minimum atomic E-state index is 0.300. The zero-order chi connectivity index (χ0) is 13.6. The van der Waals surface area contributed by atoms with Crippen molar-refractivity contribution in [1.29, 1.82) is 0 Å². The summed E-state index contributed by atoms with van der Waals surface area (Å²) in [4.78, 5) is 9.03. The number of hydrogen-bond donors (Lipinski definition) is 0. The van der Waals surface area contributed by atoms with Gasteiger partial charge in [0.15, 0.2) is 0 Å². The van der Waals surface area contributed by atoms with Crippen molar-refractivity contribution < 1.29 is 9.47 Å². The largest absolute Gasteiger partial charge is 0.482 e. The van der Waals surface area contributed by atoms with Crippen LogP contribution in [0.3, 0.4) is 0 Å². The highest BCUT2D eigenvalue weighted by molar-refractivity contribution is 5.44. The zero-order valence-corrected chi connectivity index (χ0v) is 11.9. The first-order valence-corrected chi connectivity index (χ1v) is 6.53. The van der Waals surface area contributed by atoms with E-state index in [-0.39, 0.29) is 0 Å². The van der Waals surface area contributed by atoms with Crippen LogP contribution in [0.15, 0.2) is 6.07 Å². The van der Waals surface area contributed by atoms with Gasteiger partial charge in [-0.1, -0.05) is 13.8 Å². The standard InChI is InChI=1S/C14H19N3O2/c1-14(2)6-5-9-10(8-14)17-12(19-4)7-11(18-3)16-13(17)15-9/h7H,5-6,8H2,1-4H3. The lowest BCUT2D eigenvalue weighted by molar-refractivity contribution is 0.305. The number of aromatic nitrogens is 3. The molecular formula is C14H19N3O2. The molecule has 2 aromatic rings. The van der Waals surface area contributed by atoms with E-state index in [1.54, 1.807) is 20.3 Å². The molecule has 3 rings (SSSR count). The van der Waals surface area contributed by atoms with Crippen LogP contribution in [-0.2, 0) is 12.8 Å². The number of fused-ring (bicyclic) bond motifs is 3. The van der Waals surface area contributed by atoms with Crippen molar-refractivity contribution in [2.45, 2.75) is 33.1 Å². The average molecular weight is 261 g/mol. The van der Waals surface area contributed by atoms with Gasteiger partial charge in [0.2, 0.25) is 17.5 Å². The van der Waals surface area contributed by atoms with Crippen LogP contribution in [0.5, 0.6) is 11.8 Å². The maximum atomic E-state index is 5.47. The first-order valence-electron chi connectivity index (χ1n) is 6.53. The lowest BCUT2D eigenvalue weighted by atomic mass is 9.78. The second-order valence-corrected chi connectivity index (χ2v) is 5.82. The summed E-state index contributed by atoms with van der Waals surface area (Å²) in [6, 6.07) is 1.80. The van der Waals surface area contributed by atoms with E-state index in [2.05, 4.69) is 23.8 Å². The van der Waals surface area contributed by atoms with Crippen molar-refractivity contribution in [2.24, 2.45) is 5.41 Å². The molecule has 0 N–H and O–H groups in total. The third-order valence-electron chi connectivity index (χ3n) is 3.82. The molecule has 0 spiro atoms. The first-order chi connectivity index (χ1) is 9.04. The normalized spacial score (nSPS) is 17.3. The van der Waals surface area contributed by atoms with Gasteiger partial charge in [-0.25, -0.2) is 4.98 Å². The number of ether oxygens (including phenoxy) is 2. The Labute approximate surface area is 112 Å². The van der Waals surface area contributed by atoms with E-state index in [1.807, 2.05) is 4.40 Å². The van der Waals surface area contributed by atoms with Crippen molar-refractivity contribution in [3.63, 3.8) is 0 Å². The summed E-state index contributed by atoms with van der Waals surface area (Å²) < 4.78 is 12.7. The van der Waals surface area contributed by atoms with Crippen molar-refractivity contribution >= 4 is 5.78 Å². The molecule has 2 aromatic heterocycles. The Morgan fingerprint density at radius 3 is 2.68 bits per heavy atom. The quantitative estimate of drug-likeness (QED) is 0.832. The van der Waals surface area contributed by atoms with Crippen molar-refractivity contribution in [3.8, 4) is 11.8 Å². The lowest BCUT2D eigenvalue weighted by Crippen LogP contribution is -2.23. The van der Waals surface area contributed by atoms with Crippen LogP contribution >= 0.6 is 0 Å². The molecule has 102 valence electrons. The summed E-state index contributed by atoms with van der Waals surface area (Å²) in [5, 5.41) is 0. The van der Waals surface area contributed by atoms with Gasteiger partial charge in [-0.3, -0.25) is 4.40 Å². The van der Waals surface area contributed by atoms with E-state index in [0.29, 0.717) is 17.1 Å². The molecule has 0 radical (unpaired) electrons. The topological polar surface area (TPSA) is 48.7 Å². The summed E-state index contributed by atoms with van der Waals surface area (Å²) in [6.07, 6.45) is 3.15. The molecule has 1 aliphatic carbocycles. The maximum Gasteiger partial charge on any atom is 0.240 e.